The second kappa shape index (κ2) is 6.23. The van der Waals surface area contributed by atoms with Crippen molar-refractivity contribution < 1.29 is 19.1 Å². The highest BCUT2D eigenvalue weighted by Crippen LogP contribution is 2.24. The van der Waals surface area contributed by atoms with E-state index in [2.05, 4.69) is 4.98 Å². The summed E-state index contributed by atoms with van der Waals surface area (Å²) in [4.78, 5) is 25.8. The van der Waals surface area contributed by atoms with Crippen LogP contribution in [0.15, 0.2) is 24.3 Å². The van der Waals surface area contributed by atoms with Gasteiger partial charge in [-0.05, 0) is 18.6 Å². The molecule has 0 bridgehead atoms. The molecule has 1 aromatic carbocycles. The molecule has 0 aliphatic heterocycles. The van der Waals surface area contributed by atoms with Crippen molar-refractivity contribution in [2.45, 2.75) is 26.9 Å². The van der Waals surface area contributed by atoms with Gasteiger partial charge < -0.3 is 14.5 Å². The monoisotopic (exact) mass is 275 g/mol. The van der Waals surface area contributed by atoms with Gasteiger partial charge in [-0.25, -0.2) is 0 Å². The van der Waals surface area contributed by atoms with Crippen LogP contribution in [-0.4, -0.2) is 23.5 Å². The molecule has 2 rings (SSSR count). The maximum atomic E-state index is 11.7. The van der Waals surface area contributed by atoms with E-state index in [4.69, 9.17) is 9.47 Å². The molecule has 106 valence electrons. The molecule has 0 aliphatic carbocycles. The molecule has 0 amide bonds. The predicted octanol–water partition coefficient (Wildman–Crippen LogP) is 2.34. The Bertz CT molecular complexity index is 630. The van der Waals surface area contributed by atoms with E-state index in [1.165, 1.54) is 6.92 Å². The zero-order valence-corrected chi connectivity index (χ0v) is 11.6. The Hall–Kier alpha value is -2.30. The van der Waals surface area contributed by atoms with Crippen molar-refractivity contribution in [2.24, 2.45) is 0 Å². The van der Waals surface area contributed by atoms with Crippen molar-refractivity contribution in [3.8, 4) is 0 Å². The van der Waals surface area contributed by atoms with Crippen LogP contribution in [0.5, 0.6) is 0 Å². The number of aromatic nitrogens is 1. The van der Waals surface area contributed by atoms with Gasteiger partial charge in [-0.2, -0.15) is 0 Å². The summed E-state index contributed by atoms with van der Waals surface area (Å²) in [6.45, 7) is 3.60. The maximum Gasteiger partial charge on any atom is 0.310 e. The lowest BCUT2D eigenvalue weighted by Gasteiger charge is -2.05. The van der Waals surface area contributed by atoms with Gasteiger partial charge >= 0.3 is 11.9 Å². The molecule has 0 saturated carbocycles. The quantitative estimate of drug-likeness (QED) is 0.850. The van der Waals surface area contributed by atoms with E-state index in [1.54, 1.807) is 6.92 Å². The highest BCUT2D eigenvalue weighted by atomic mass is 16.5. The Morgan fingerprint density at radius 1 is 1.20 bits per heavy atom. The number of hydrogen-bond acceptors (Lipinski definition) is 4. The van der Waals surface area contributed by atoms with E-state index in [0.717, 1.165) is 22.2 Å². The normalized spacial score (nSPS) is 10.5. The molecule has 2 aromatic rings. The van der Waals surface area contributed by atoms with Crippen LogP contribution in [0.2, 0.25) is 0 Å². The van der Waals surface area contributed by atoms with Crippen molar-refractivity contribution in [1.29, 1.82) is 0 Å². The van der Waals surface area contributed by atoms with Crippen LogP contribution < -0.4 is 0 Å². The van der Waals surface area contributed by atoms with E-state index in [1.807, 2.05) is 24.3 Å². The third kappa shape index (κ3) is 3.17. The van der Waals surface area contributed by atoms with Crippen molar-refractivity contribution in [3.05, 3.63) is 35.5 Å². The van der Waals surface area contributed by atoms with Crippen LogP contribution in [0.25, 0.3) is 10.9 Å². The molecule has 0 radical (unpaired) electrons. The van der Waals surface area contributed by atoms with Crippen molar-refractivity contribution in [3.63, 3.8) is 0 Å². The zero-order chi connectivity index (χ0) is 14.5. The topological polar surface area (TPSA) is 68.4 Å². The van der Waals surface area contributed by atoms with Gasteiger partial charge in [-0.15, -0.1) is 0 Å². The lowest BCUT2D eigenvalue weighted by Crippen LogP contribution is -2.09. The first-order valence-electron chi connectivity index (χ1n) is 6.49. The molecule has 0 atom stereocenters. The van der Waals surface area contributed by atoms with Gasteiger partial charge in [0.1, 0.15) is 6.61 Å². The number of nitrogens with one attached hydrogen (secondary N) is 1. The zero-order valence-electron chi connectivity index (χ0n) is 11.6. The molecule has 5 heteroatoms. The average molecular weight is 275 g/mol. The molecule has 0 saturated heterocycles. The average Bonchev–Trinajstić information content (AvgIpc) is 2.75. The summed E-state index contributed by atoms with van der Waals surface area (Å²) in [6, 6.07) is 7.65. The number of hydrogen-bond donors (Lipinski definition) is 1. The summed E-state index contributed by atoms with van der Waals surface area (Å²) >= 11 is 0. The lowest BCUT2D eigenvalue weighted by atomic mass is 10.1. The summed E-state index contributed by atoms with van der Waals surface area (Å²) in [7, 11) is 0. The molecule has 0 spiro atoms. The Labute approximate surface area is 116 Å². The third-order valence-electron chi connectivity index (χ3n) is 2.95. The minimum atomic E-state index is -0.356. The number of para-hydroxylation sites is 1. The van der Waals surface area contributed by atoms with Crippen LogP contribution in [0.3, 0.4) is 0 Å². The number of ether oxygens (including phenoxy) is 2. The number of aromatic amines is 1. The smallest absolute Gasteiger partial charge is 0.310 e. The largest absolute Gasteiger partial charge is 0.466 e. The minimum absolute atomic E-state index is 0.124. The molecule has 5 nitrogen and oxygen atoms in total. The first-order chi connectivity index (χ1) is 9.61. The lowest BCUT2D eigenvalue weighted by molar-refractivity contribution is -0.142. The predicted molar refractivity (Wildman–Crippen MR) is 74.1 cm³/mol. The summed E-state index contributed by atoms with van der Waals surface area (Å²) in [6.07, 6.45) is 0.161. The van der Waals surface area contributed by atoms with Crippen molar-refractivity contribution in [2.75, 3.05) is 6.61 Å². The number of rotatable bonds is 5. The van der Waals surface area contributed by atoms with E-state index in [-0.39, 0.29) is 25.0 Å². The van der Waals surface area contributed by atoms with Crippen LogP contribution in [0.1, 0.15) is 25.1 Å². The van der Waals surface area contributed by atoms with Crippen molar-refractivity contribution >= 4 is 22.8 Å². The molecule has 0 unspecified atom stereocenters. The second-order valence-electron chi connectivity index (χ2n) is 4.39. The van der Waals surface area contributed by atoms with E-state index in [9.17, 15) is 9.59 Å². The third-order valence-corrected chi connectivity index (χ3v) is 2.95. The van der Waals surface area contributed by atoms with Crippen LogP contribution in [-0.2, 0) is 32.1 Å². The van der Waals surface area contributed by atoms with Gasteiger partial charge in [0.05, 0.1) is 18.7 Å². The minimum Gasteiger partial charge on any atom is -0.466 e. The first kappa shape index (κ1) is 14.1. The van der Waals surface area contributed by atoms with E-state index < -0.39 is 0 Å². The van der Waals surface area contributed by atoms with Crippen LogP contribution in [0.4, 0.5) is 0 Å². The van der Waals surface area contributed by atoms with Gasteiger partial charge in [0.15, 0.2) is 0 Å². The van der Waals surface area contributed by atoms with Gasteiger partial charge in [0, 0.05) is 17.8 Å². The van der Waals surface area contributed by atoms with Crippen molar-refractivity contribution in [1.82, 2.24) is 4.98 Å². The number of carbonyl (C=O) groups excluding carboxylic acids is 2. The fraction of sp³-hybridized carbons (Fsp3) is 0.333. The SMILES string of the molecule is CCOC(=O)Cc1c(COC(C)=O)[nH]c2ccccc12. The molecule has 20 heavy (non-hydrogen) atoms. The second-order valence-corrected chi connectivity index (χ2v) is 4.39. The van der Waals surface area contributed by atoms with Crippen LogP contribution >= 0.6 is 0 Å². The Balaban J connectivity index is 2.33. The molecule has 0 fully saturated rings. The molecule has 1 heterocycles. The molecule has 0 aliphatic rings. The fourth-order valence-electron chi connectivity index (χ4n) is 2.11. The highest BCUT2D eigenvalue weighted by molar-refractivity contribution is 5.88. The molecule has 1 N–H and O–H groups in total. The summed E-state index contributed by atoms with van der Waals surface area (Å²) in [5.41, 5.74) is 2.46. The highest BCUT2D eigenvalue weighted by Gasteiger charge is 2.16. The fourth-order valence-corrected chi connectivity index (χ4v) is 2.11. The van der Waals surface area contributed by atoms with E-state index >= 15 is 0 Å². The van der Waals surface area contributed by atoms with Crippen LogP contribution in [0, 0.1) is 0 Å². The number of H-pyrrole nitrogens is 1. The number of benzene rings is 1. The Kier molecular flexibility index (Phi) is 4.40. The summed E-state index contributed by atoms with van der Waals surface area (Å²) in [5.74, 6) is -0.646. The number of carbonyl (C=O) groups is 2. The molecule has 1 aromatic heterocycles. The van der Waals surface area contributed by atoms with Gasteiger partial charge in [-0.3, -0.25) is 9.59 Å². The van der Waals surface area contributed by atoms with Gasteiger partial charge in [0.25, 0.3) is 0 Å². The molecular weight excluding hydrogens is 258 g/mol. The molecular formula is C15H17NO4. The summed E-state index contributed by atoms with van der Waals surface area (Å²) < 4.78 is 10.0. The number of fused-ring (bicyclic) bond motifs is 1. The Morgan fingerprint density at radius 2 is 1.95 bits per heavy atom. The van der Waals surface area contributed by atoms with Gasteiger partial charge in [-0.1, -0.05) is 18.2 Å². The maximum absolute atomic E-state index is 11.7. The summed E-state index contributed by atoms with van der Waals surface area (Å²) in [5, 5.41) is 0.947. The number of esters is 2. The van der Waals surface area contributed by atoms with Gasteiger partial charge in [0.2, 0.25) is 0 Å². The van der Waals surface area contributed by atoms with E-state index in [0.29, 0.717) is 6.61 Å². The Morgan fingerprint density at radius 3 is 2.65 bits per heavy atom. The first-order valence-corrected chi connectivity index (χ1v) is 6.49. The standard InChI is InChI=1S/C15H17NO4/c1-3-19-15(18)8-12-11-6-4-5-7-13(11)16-14(12)9-20-10(2)17/h4-7,16H,3,8-9H2,1-2H3.